The van der Waals surface area contributed by atoms with E-state index in [9.17, 15) is 14.7 Å². The molecule has 0 aromatic heterocycles. The normalized spacial score (nSPS) is 22.5. The number of aliphatic hydroxyl groups is 1. The SMILES string of the molecule is CC(=O)NC(C)C(=O)N[C@H]1c2ccccc2C[C@H]1O. The summed E-state index contributed by atoms with van der Waals surface area (Å²) >= 11 is 0. The molecule has 0 saturated heterocycles. The minimum absolute atomic E-state index is 0.255. The Morgan fingerprint density at radius 3 is 2.74 bits per heavy atom. The highest BCUT2D eigenvalue weighted by Crippen LogP contribution is 2.31. The number of rotatable bonds is 3. The summed E-state index contributed by atoms with van der Waals surface area (Å²) in [6.07, 6.45) is -0.0822. The first-order valence-electron chi connectivity index (χ1n) is 6.32. The van der Waals surface area contributed by atoms with Gasteiger partial charge in [0.15, 0.2) is 0 Å². The Hall–Kier alpha value is -1.88. The van der Waals surface area contributed by atoms with E-state index in [-0.39, 0.29) is 11.8 Å². The molecule has 3 N–H and O–H groups in total. The first-order chi connectivity index (χ1) is 8.99. The van der Waals surface area contributed by atoms with Gasteiger partial charge in [0.05, 0.1) is 12.1 Å². The summed E-state index contributed by atoms with van der Waals surface area (Å²) < 4.78 is 0. The van der Waals surface area contributed by atoms with Crippen molar-refractivity contribution in [1.82, 2.24) is 10.6 Å². The molecule has 1 aromatic rings. The van der Waals surface area contributed by atoms with Crippen molar-refractivity contribution in [1.29, 1.82) is 0 Å². The maximum Gasteiger partial charge on any atom is 0.242 e. The average Bonchev–Trinajstić information content (AvgIpc) is 2.65. The molecule has 0 spiro atoms. The van der Waals surface area contributed by atoms with E-state index in [1.165, 1.54) is 6.92 Å². The predicted octanol–water partition coefficient (Wildman–Crippen LogP) is 0.285. The third-order valence-corrected chi connectivity index (χ3v) is 3.31. The van der Waals surface area contributed by atoms with Gasteiger partial charge in [0.1, 0.15) is 6.04 Å². The summed E-state index contributed by atoms with van der Waals surface area (Å²) in [5, 5.41) is 15.3. The number of hydrogen-bond donors (Lipinski definition) is 3. The highest BCUT2D eigenvalue weighted by molar-refractivity contribution is 5.86. The van der Waals surface area contributed by atoms with Crippen LogP contribution in [-0.4, -0.2) is 29.1 Å². The molecule has 0 fully saturated rings. The van der Waals surface area contributed by atoms with E-state index in [1.807, 2.05) is 24.3 Å². The summed E-state index contributed by atoms with van der Waals surface area (Å²) in [5.41, 5.74) is 1.99. The van der Waals surface area contributed by atoms with Crippen LogP contribution in [0.25, 0.3) is 0 Å². The van der Waals surface area contributed by atoms with Crippen molar-refractivity contribution in [3.05, 3.63) is 35.4 Å². The van der Waals surface area contributed by atoms with Gasteiger partial charge >= 0.3 is 0 Å². The molecule has 1 aromatic carbocycles. The Labute approximate surface area is 112 Å². The van der Waals surface area contributed by atoms with E-state index in [0.29, 0.717) is 6.42 Å². The molecule has 0 aliphatic heterocycles. The van der Waals surface area contributed by atoms with Gasteiger partial charge in [0.25, 0.3) is 0 Å². The third-order valence-electron chi connectivity index (χ3n) is 3.31. The zero-order valence-electron chi connectivity index (χ0n) is 11.0. The van der Waals surface area contributed by atoms with Crippen molar-refractivity contribution >= 4 is 11.8 Å². The standard InChI is InChI=1S/C14H18N2O3/c1-8(15-9(2)17)14(19)16-13-11-6-4-3-5-10(11)7-12(13)18/h3-6,8,12-13,18H,7H2,1-2H3,(H,15,17)(H,16,19)/t8?,12-,13+/m1/s1. The van der Waals surface area contributed by atoms with Crippen molar-refractivity contribution < 1.29 is 14.7 Å². The molecule has 5 heteroatoms. The van der Waals surface area contributed by atoms with Crippen molar-refractivity contribution in [2.45, 2.75) is 38.5 Å². The lowest BCUT2D eigenvalue weighted by molar-refractivity contribution is -0.128. The van der Waals surface area contributed by atoms with Gasteiger partial charge in [-0.25, -0.2) is 0 Å². The molecule has 1 unspecified atom stereocenters. The predicted molar refractivity (Wildman–Crippen MR) is 70.3 cm³/mol. The maximum atomic E-state index is 12.0. The van der Waals surface area contributed by atoms with Crippen molar-refractivity contribution in [3.63, 3.8) is 0 Å². The molecule has 1 aliphatic carbocycles. The van der Waals surface area contributed by atoms with Crippen LogP contribution in [0.3, 0.4) is 0 Å². The van der Waals surface area contributed by atoms with Crippen LogP contribution in [0.5, 0.6) is 0 Å². The van der Waals surface area contributed by atoms with Gasteiger partial charge < -0.3 is 15.7 Å². The fourth-order valence-electron chi connectivity index (χ4n) is 2.40. The van der Waals surface area contributed by atoms with Crippen LogP contribution >= 0.6 is 0 Å². The number of amides is 2. The number of carbonyl (C=O) groups is 2. The van der Waals surface area contributed by atoms with Gasteiger partial charge in [-0.2, -0.15) is 0 Å². The van der Waals surface area contributed by atoms with E-state index in [4.69, 9.17) is 0 Å². The van der Waals surface area contributed by atoms with Crippen LogP contribution in [0, 0.1) is 0 Å². The fraction of sp³-hybridized carbons (Fsp3) is 0.429. The Balaban J connectivity index is 2.07. The zero-order chi connectivity index (χ0) is 14.0. The van der Waals surface area contributed by atoms with Crippen LogP contribution in [0.4, 0.5) is 0 Å². The van der Waals surface area contributed by atoms with E-state index >= 15 is 0 Å². The lowest BCUT2D eigenvalue weighted by Gasteiger charge is -2.21. The Morgan fingerprint density at radius 2 is 2.05 bits per heavy atom. The van der Waals surface area contributed by atoms with Gasteiger partial charge in [-0.05, 0) is 18.1 Å². The third kappa shape index (κ3) is 2.93. The number of hydrogen-bond acceptors (Lipinski definition) is 3. The molecule has 1 aliphatic rings. The summed E-state index contributed by atoms with van der Waals surface area (Å²) in [6, 6.07) is 6.63. The number of benzene rings is 1. The molecular formula is C14H18N2O3. The number of carbonyl (C=O) groups excluding carboxylic acids is 2. The van der Waals surface area contributed by atoms with Gasteiger partial charge in [-0.15, -0.1) is 0 Å². The molecule has 2 rings (SSSR count). The lowest BCUT2D eigenvalue weighted by atomic mass is 10.1. The molecule has 102 valence electrons. The molecule has 0 saturated carbocycles. The first-order valence-corrected chi connectivity index (χ1v) is 6.32. The Bertz CT molecular complexity index is 501. The molecule has 19 heavy (non-hydrogen) atoms. The smallest absolute Gasteiger partial charge is 0.242 e. The molecular weight excluding hydrogens is 244 g/mol. The van der Waals surface area contributed by atoms with Crippen LogP contribution in [0.2, 0.25) is 0 Å². The second-order valence-corrected chi connectivity index (χ2v) is 4.88. The second kappa shape index (κ2) is 5.40. The summed E-state index contributed by atoms with van der Waals surface area (Å²) in [5.74, 6) is -0.550. The van der Waals surface area contributed by atoms with Crippen LogP contribution < -0.4 is 10.6 Å². The Morgan fingerprint density at radius 1 is 1.37 bits per heavy atom. The van der Waals surface area contributed by atoms with Crippen LogP contribution in [0.15, 0.2) is 24.3 Å². The van der Waals surface area contributed by atoms with E-state index in [1.54, 1.807) is 6.92 Å². The van der Waals surface area contributed by atoms with E-state index in [2.05, 4.69) is 10.6 Å². The topological polar surface area (TPSA) is 78.4 Å². The minimum Gasteiger partial charge on any atom is -0.390 e. The monoisotopic (exact) mass is 262 g/mol. The summed E-state index contributed by atoms with van der Waals surface area (Å²) in [7, 11) is 0. The van der Waals surface area contributed by atoms with Gasteiger partial charge in [-0.1, -0.05) is 24.3 Å². The van der Waals surface area contributed by atoms with Crippen LogP contribution in [-0.2, 0) is 16.0 Å². The van der Waals surface area contributed by atoms with E-state index < -0.39 is 18.2 Å². The highest BCUT2D eigenvalue weighted by atomic mass is 16.3. The molecule has 0 heterocycles. The molecule has 0 radical (unpaired) electrons. The average molecular weight is 262 g/mol. The van der Waals surface area contributed by atoms with Crippen LogP contribution in [0.1, 0.15) is 31.0 Å². The summed E-state index contributed by atoms with van der Waals surface area (Å²) in [4.78, 5) is 22.9. The number of nitrogens with one attached hydrogen (secondary N) is 2. The van der Waals surface area contributed by atoms with Crippen molar-refractivity contribution in [3.8, 4) is 0 Å². The second-order valence-electron chi connectivity index (χ2n) is 4.88. The maximum absolute atomic E-state index is 12.0. The number of aliphatic hydroxyl groups excluding tert-OH is 1. The van der Waals surface area contributed by atoms with Gasteiger partial charge in [0.2, 0.25) is 11.8 Å². The first kappa shape index (κ1) is 13.5. The molecule has 0 bridgehead atoms. The van der Waals surface area contributed by atoms with E-state index in [0.717, 1.165) is 11.1 Å². The minimum atomic E-state index is -0.620. The quantitative estimate of drug-likeness (QED) is 0.732. The van der Waals surface area contributed by atoms with Gasteiger partial charge in [0, 0.05) is 13.3 Å². The molecule has 2 amide bonds. The number of fused-ring (bicyclic) bond motifs is 1. The lowest BCUT2D eigenvalue weighted by Crippen LogP contribution is -2.46. The fourth-order valence-corrected chi connectivity index (χ4v) is 2.40. The largest absolute Gasteiger partial charge is 0.390 e. The molecule has 3 atom stereocenters. The highest BCUT2D eigenvalue weighted by Gasteiger charge is 2.32. The van der Waals surface area contributed by atoms with Crippen molar-refractivity contribution in [2.75, 3.05) is 0 Å². The Kier molecular flexibility index (Phi) is 3.85. The van der Waals surface area contributed by atoms with Gasteiger partial charge in [-0.3, -0.25) is 9.59 Å². The van der Waals surface area contributed by atoms with Crippen molar-refractivity contribution in [2.24, 2.45) is 0 Å². The zero-order valence-corrected chi connectivity index (χ0v) is 11.0. The summed E-state index contributed by atoms with van der Waals surface area (Å²) in [6.45, 7) is 2.98. The molecule has 5 nitrogen and oxygen atoms in total.